The number of rotatable bonds is 3. The first-order chi connectivity index (χ1) is 14.2. The number of benzene rings is 1. The summed E-state index contributed by atoms with van der Waals surface area (Å²) in [6.45, 7) is 1.87. The highest BCUT2D eigenvalue weighted by Gasteiger charge is 2.57. The number of amides is 2. The topological polar surface area (TPSA) is 40.6 Å². The van der Waals surface area contributed by atoms with E-state index in [4.69, 9.17) is 11.6 Å². The van der Waals surface area contributed by atoms with Gasteiger partial charge in [0.15, 0.2) is 0 Å². The standard InChI is InChI=1S/C23H27BrClFN2O2/c24-23-11-15-7-16(12-23)10-22(9-15,14-23)13-20(29)27-3-5-28(6-4-27)21(30)18-8-17(25)1-2-19(18)26/h1-2,8,15-16H,3-7,9-14H2. The first-order valence-corrected chi connectivity index (χ1v) is 12.1. The Morgan fingerprint density at radius 1 is 1.07 bits per heavy atom. The summed E-state index contributed by atoms with van der Waals surface area (Å²) in [6, 6.07) is 4.03. The molecule has 1 aromatic rings. The monoisotopic (exact) mass is 496 g/mol. The van der Waals surface area contributed by atoms with E-state index in [2.05, 4.69) is 15.9 Å². The molecule has 0 aromatic heterocycles. The van der Waals surface area contributed by atoms with Crippen LogP contribution in [-0.4, -0.2) is 52.1 Å². The summed E-state index contributed by atoms with van der Waals surface area (Å²) in [4.78, 5) is 29.4. The molecule has 1 heterocycles. The number of piperazine rings is 1. The van der Waals surface area contributed by atoms with Crippen molar-refractivity contribution in [3.8, 4) is 0 Å². The third kappa shape index (κ3) is 3.79. The summed E-state index contributed by atoms with van der Waals surface area (Å²) in [6.07, 6.45) is 7.99. The molecule has 30 heavy (non-hydrogen) atoms. The lowest BCUT2D eigenvalue weighted by atomic mass is 9.48. The molecule has 4 bridgehead atoms. The van der Waals surface area contributed by atoms with Crippen molar-refractivity contribution in [3.63, 3.8) is 0 Å². The van der Waals surface area contributed by atoms with Crippen molar-refractivity contribution in [2.24, 2.45) is 17.3 Å². The van der Waals surface area contributed by atoms with E-state index in [1.54, 1.807) is 4.90 Å². The van der Waals surface area contributed by atoms with Gasteiger partial charge in [0.1, 0.15) is 5.82 Å². The second-order valence-electron chi connectivity index (χ2n) is 10.1. The molecule has 2 amide bonds. The SMILES string of the molecule is O=C(CC12CC3CC(CC(Br)(C3)C1)C2)N1CCN(C(=O)c2cc(Cl)ccc2F)CC1. The van der Waals surface area contributed by atoms with Gasteiger partial charge in [0.05, 0.1) is 5.56 Å². The van der Waals surface area contributed by atoms with Crippen LogP contribution in [0.3, 0.4) is 0 Å². The van der Waals surface area contributed by atoms with Crippen LogP contribution in [0.4, 0.5) is 4.39 Å². The molecule has 2 atom stereocenters. The number of alkyl halides is 1. The van der Waals surface area contributed by atoms with Crippen molar-refractivity contribution in [2.45, 2.75) is 49.3 Å². The van der Waals surface area contributed by atoms with E-state index in [-0.39, 0.29) is 27.1 Å². The Balaban J connectivity index is 1.20. The van der Waals surface area contributed by atoms with Crippen LogP contribution in [-0.2, 0) is 4.79 Å². The summed E-state index contributed by atoms with van der Waals surface area (Å²) in [7, 11) is 0. The maximum absolute atomic E-state index is 14.1. The molecule has 7 heteroatoms. The second-order valence-corrected chi connectivity index (χ2v) is 12.2. The molecular weight excluding hydrogens is 471 g/mol. The summed E-state index contributed by atoms with van der Waals surface area (Å²) in [5, 5.41) is 0.341. The minimum absolute atomic E-state index is 0.00142. The van der Waals surface area contributed by atoms with Gasteiger partial charge < -0.3 is 9.80 Å². The molecule has 4 nitrogen and oxygen atoms in total. The molecule has 5 aliphatic rings. The molecule has 2 unspecified atom stereocenters. The normalized spacial score (nSPS) is 35.0. The highest BCUT2D eigenvalue weighted by atomic mass is 79.9. The van der Waals surface area contributed by atoms with E-state index >= 15 is 0 Å². The number of carbonyl (C=O) groups excluding carboxylic acids is 2. The van der Waals surface area contributed by atoms with Gasteiger partial charge >= 0.3 is 0 Å². The van der Waals surface area contributed by atoms with Crippen LogP contribution in [0.2, 0.25) is 5.02 Å². The minimum atomic E-state index is -0.562. The molecule has 0 spiro atoms. The number of hydrogen-bond donors (Lipinski definition) is 0. The van der Waals surface area contributed by atoms with Gasteiger partial charge in [0.2, 0.25) is 5.91 Å². The number of carbonyl (C=O) groups is 2. The van der Waals surface area contributed by atoms with Gasteiger partial charge in [-0.2, -0.15) is 0 Å². The van der Waals surface area contributed by atoms with Gasteiger partial charge in [-0.1, -0.05) is 27.5 Å². The Morgan fingerprint density at radius 2 is 1.70 bits per heavy atom. The van der Waals surface area contributed by atoms with E-state index in [1.807, 2.05) is 4.90 Å². The van der Waals surface area contributed by atoms with Crippen molar-refractivity contribution in [2.75, 3.05) is 26.2 Å². The zero-order chi connectivity index (χ0) is 21.1. The molecular formula is C23H27BrClFN2O2. The first kappa shape index (κ1) is 20.7. The van der Waals surface area contributed by atoms with E-state index in [1.165, 1.54) is 50.3 Å². The predicted octanol–water partition coefficient (Wildman–Crippen LogP) is 4.89. The van der Waals surface area contributed by atoms with Gasteiger partial charge in [0, 0.05) is 41.9 Å². The molecule has 1 aromatic carbocycles. The van der Waals surface area contributed by atoms with Gasteiger partial charge in [-0.25, -0.2) is 4.39 Å². The Bertz CT molecular complexity index is 872. The lowest BCUT2D eigenvalue weighted by Gasteiger charge is -2.60. The van der Waals surface area contributed by atoms with Crippen LogP contribution in [0.5, 0.6) is 0 Å². The third-order valence-electron chi connectivity index (χ3n) is 7.72. The van der Waals surface area contributed by atoms with Crippen LogP contribution in [0.1, 0.15) is 55.3 Å². The fourth-order valence-corrected chi connectivity index (χ4v) is 8.65. The molecule has 0 radical (unpaired) electrons. The summed E-state index contributed by atoms with van der Waals surface area (Å²) >= 11 is 9.95. The fraction of sp³-hybridized carbons (Fsp3) is 0.652. The van der Waals surface area contributed by atoms with Crippen LogP contribution < -0.4 is 0 Å². The van der Waals surface area contributed by atoms with E-state index < -0.39 is 5.82 Å². The van der Waals surface area contributed by atoms with Crippen molar-refractivity contribution in [1.82, 2.24) is 9.80 Å². The highest BCUT2D eigenvalue weighted by Crippen LogP contribution is 2.65. The molecule has 1 aliphatic heterocycles. The lowest BCUT2D eigenvalue weighted by Crippen LogP contribution is -2.55. The zero-order valence-electron chi connectivity index (χ0n) is 17.0. The lowest BCUT2D eigenvalue weighted by molar-refractivity contribution is -0.139. The van der Waals surface area contributed by atoms with Gasteiger partial charge in [-0.05, 0) is 74.0 Å². The van der Waals surface area contributed by atoms with Crippen molar-refractivity contribution in [1.29, 1.82) is 0 Å². The summed E-state index contributed by atoms with van der Waals surface area (Å²) < 4.78 is 14.3. The van der Waals surface area contributed by atoms with Crippen LogP contribution in [0.25, 0.3) is 0 Å². The van der Waals surface area contributed by atoms with Crippen molar-refractivity contribution in [3.05, 3.63) is 34.6 Å². The van der Waals surface area contributed by atoms with E-state index in [0.717, 1.165) is 18.3 Å². The number of hydrogen-bond acceptors (Lipinski definition) is 2. The minimum Gasteiger partial charge on any atom is -0.339 e. The first-order valence-electron chi connectivity index (χ1n) is 11.0. The van der Waals surface area contributed by atoms with E-state index in [9.17, 15) is 14.0 Å². The zero-order valence-corrected chi connectivity index (χ0v) is 19.4. The Kier molecular flexibility index (Phi) is 5.17. The molecule has 5 fully saturated rings. The predicted molar refractivity (Wildman–Crippen MR) is 117 cm³/mol. The average molecular weight is 498 g/mol. The summed E-state index contributed by atoms with van der Waals surface area (Å²) in [5.74, 6) is 0.827. The molecule has 6 rings (SSSR count). The summed E-state index contributed by atoms with van der Waals surface area (Å²) in [5.41, 5.74) is 0.153. The molecule has 4 saturated carbocycles. The maximum atomic E-state index is 14.1. The van der Waals surface area contributed by atoms with Gasteiger partial charge in [-0.15, -0.1) is 0 Å². The van der Waals surface area contributed by atoms with E-state index in [0.29, 0.717) is 37.6 Å². The molecule has 4 aliphatic carbocycles. The second kappa shape index (κ2) is 7.47. The molecule has 1 saturated heterocycles. The molecule has 162 valence electrons. The quantitative estimate of drug-likeness (QED) is 0.558. The Labute approximate surface area is 190 Å². The van der Waals surface area contributed by atoms with Crippen molar-refractivity contribution >= 4 is 39.3 Å². The Hall–Kier alpha value is -1.14. The van der Waals surface area contributed by atoms with Crippen LogP contribution in [0, 0.1) is 23.1 Å². The van der Waals surface area contributed by atoms with Crippen LogP contribution >= 0.6 is 27.5 Å². The fourth-order valence-electron chi connectivity index (χ4n) is 6.97. The highest BCUT2D eigenvalue weighted by molar-refractivity contribution is 9.10. The number of halogens is 3. The third-order valence-corrected chi connectivity index (χ3v) is 8.88. The van der Waals surface area contributed by atoms with Crippen LogP contribution in [0.15, 0.2) is 18.2 Å². The van der Waals surface area contributed by atoms with Gasteiger partial charge in [-0.3, -0.25) is 9.59 Å². The van der Waals surface area contributed by atoms with Gasteiger partial charge in [0.25, 0.3) is 5.91 Å². The largest absolute Gasteiger partial charge is 0.339 e. The average Bonchev–Trinajstić information content (AvgIpc) is 2.67. The molecule has 0 N–H and O–H groups in total. The number of nitrogens with zero attached hydrogens (tertiary/aromatic N) is 2. The smallest absolute Gasteiger partial charge is 0.257 e. The maximum Gasteiger partial charge on any atom is 0.257 e. The Morgan fingerprint density at radius 3 is 2.33 bits per heavy atom. The van der Waals surface area contributed by atoms with Crippen molar-refractivity contribution < 1.29 is 14.0 Å².